The molecule has 0 atom stereocenters. The van der Waals surface area contributed by atoms with Crippen LogP contribution in [-0.4, -0.2) is 6.29 Å². The van der Waals surface area contributed by atoms with Gasteiger partial charge in [0.25, 0.3) is 0 Å². The molecule has 15 heavy (non-hydrogen) atoms. The highest BCUT2D eigenvalue weighted by Gasteiger charge is 2.09. The van der Waals surface area contributed by atoms with Crippen LogP contribution in [-0.2, 0) is 4.79 Å². The van der Waals surface area contributed by atoms with E-state index in [1.807, 2.05) is 24.3 Å². The summed E-state index contributed by atoms with van der Waals surface area (Å²) in [6, 6.07) is 12.3. The zero-order chi connectivity index (χ0) is 10.7. The third-order valence-corrected chi connectivity index (χ3v) is 3.14. The molecule has 0 aromatic rings. The fourth-order valence-corrected chi connectivity index (χ4v) is 2.39. The lowest BCUT2D eigenvalue weighted by Gasteiger charge is -1.94. The second kappa shape index (κ2) is 4.57. The normalized spacial score (nSPS) is 11.0. The number of carbonyl (C=O) groups is 1. The van der Waals surface area contributed by atoms with E-state index in [0.29, 0.717) is 0 Å². The van der Waals surface area contributed by atoms with E-state index in [4.69, 9.17) is 0 Å². The molecule has 0 unspecified atom stereocenters. The van der Waals surface area contributed by atoms with Crippen molar-refractivity contribution >= 4 is 35.0 Å². The smallest absolute Gasteiger partial charge is 0.142 e. The van der Waals surface area contributed by atoms with Crippen molar-refractivity contribution in [2.45, 2.75) is 0 Å². The Morgan fingerprint density at radius 2 is 1.93 bits per heavy atom. The lowest BCUT2D eigenvalue weighted by molar-refractivity contribution is -0.104. The van der Waals surface area contributed by atoms with Crippen molar-refractivity contribution in [1.29, 1.82) is 0 Å². The molecule has 0 aliphatic heterocycles. The highest BCUT2D eigenvalue weighted by atomic mass is 127. The third-order valence-electron chi connectivity index (χ3n) is 2.24. The summed E-state index contributed by atoms with van der Waals surface area (Å²) in [6.07, 6.45) is 4.19. The minimum absolute atomic E-state index is 0.803. The Balaban J connectivity index is 2.63. The summed E-state index contributed by atoms with van der Waals surface area (Å²) in [5.41, 5.74) is 3.51. The maximum absolute atomic E-state index is 10.3. The maximum atomic E-state index is 10.3. The second-order valence-electron chi connectivity index (χ2n) is 3.18. The first-order valence-electron chi connectivity index (χ1n) is 4.62. The van der Waals surface area contributed by atoms with Gasteiger partial charge in [-0.2, -0.15) is 0 Å². The first-order valence-corrected chi connectivity index (χ1v) is 5.70. The Bertz CT molecular complexity index is 488. The molecule has 0 N–H and O–H groups in total. The SMILES string of the molecule is O=CC=Cc1c(I)cc2cccccc1-2. The number of hydrogen-bond acceptors (Lipinski definition) is 1. The lowest BCUT2D eigenvalue weighted by Crippen LogP contribution is -1.73. The van der Waals surface area contributed by atoms with Gasteiger partial charge in [-0.25, -0.2) is 0 Å². The van der Waals surface area contributed by atoms with Crippen LogP contribution in [0.1, 0.15) is 5.56 Å². The van der Waals surface area contributed by atoms with Crippen LogP contribution < -0.4 is 0 Å². The van der Waals surface area contributed by atoms with E-state index in [1.54, 1.807) is 0 Å². The van der Waals surface area contributed by atoms with E-state index in [9.17, 15) is 4.79 Å². The summed E-state index contributed by atoms with van der Waals surface area (Å²) < 4.78 is 1.17. The van der Waals surface area contributed by atoms with Crippen LogP contribution in [0.4, 0.5) is 0 Å². The summed E-state index contributed by atoms with van der Waals surface area (Å²) in [6.45, 7) is 0. The molecule has 2 aliphatic rings. The summed E-state index contributed by atoms with van der Waals surface area (Å²) in [5.74, 6) is 0. The first-order chi connectivity index (χ1) is 7.33. The maximum Gasteiger partial charge on any atom is 0.142 e. The van der Waals surface area contributed by atoms with Gasteiger partial charge in [0.15, 0.2) is 0 Å². The highest BCUT2D eigenvalue weighted by molar-refractivity contribution is 14.1. The van der Waals surface area contributed by atoms with Gasteiger partial charge >= 0.3 is 0 Å². The zero-order valence-corrected chi connectivity index (χ0v) is 10.1. The Hall–Kier alpha value is -1.16. The molecular formula is C13H9IO. The topological polar surface area (TPSA) is 17.1 Å². The van der Waals surface area contributed by atoms with Gasteiger partial charge in [-0.15, -0.1) is 0 Å². The molecule has 0 spiro atoms. The van der Waals surface area contributed by atoms with Crippen molar-refractivity contribution in [3.05, 3.63) is 51.6 Å². The molecular weight excluding hydrogens is 299 g/mol. The molecule has 0 bridgehead atoms. The van der Waals surface area contributed by atoms with E-state index in [-0.39, 0.29) is 0 Å². The van der Waals surface area contributed by atoms with Gasteiger partial charge in [0.2, 0.25) is 0 Å². The second-order valence-corrected chi connectivity index (χ2v) is 4.34. The third kappa shape index (κ3) is 2.09. The van der Waals surface area contributed by atoms with Crippen LogP contribution in [0.5, 0.6) is 0 Å². The predicted molar refractivity (Wildman–Crippen MR) is 70.9 cm³/mol. The van der Waals surface area contributed by atoms with E-state index < -0.39 is 0 Å². The Kier molecular flexibility index (Phi) is 3.16. The number of rotatable bonds is 2. The standard InChI is InChI=1S/C13H9IO/c14-13-9-10-5-2-1-3-6-11(10)12(13)7-4-8-15/h1-9H. The monoisotopic (exact) mass is 308 g/mol. The molecule has 0 aromatic heterocycles. The van der Waals surface area contributed by atoms with Crippen LogP contribution in [0.15, 0.2) is 42.5 Å². The molecule has 0 amide bonds. The van der Waals surface area contributed by atoms with Gasteiger partial charge < -0.3 is 0 Å². The van der Waals surface area contributed by atoms with Gasteiger partial charge in [-0.1, -0.05) is 36.4 Å². The lowest BCUT2D eigenvalue weighted by atomic mass is 10.1. The van der Waals surface area contributed by atoms with Gasteiger partial charge in [0.1, 0.15) is 6.29 Å². The summed E-state index contributed by atoms with van der Waals surface area (Å²) in [7, 11) is 0. The highest BCUT2D eigenvalue weighted by Crippen LogP contribution is 2.32. The Labute approximate surface area is 102 Å². The average molecular weight is 308 g/mol. The summed E-state index contributed by atoms with van der Waals surface area (Å²) >= 11 is 2.29. The van der Waals surface area contributed by atoms with Crippen molar-refractivity contribution in [3.8, 4) is 11.1 Å². The molecule has 74 valence electrons. The Morgan fingerprint density at radius 3 is 2.73 bits per heavy atom. The molecule has 0 saturated heterocycles. The zero-order valence-electron chi connectivity index (χ0n) is 7.98. The van der Waals surface area contributed by atoms with Crippen molar-refractivity contribution < 1.29 is 4.79 Å². The average Bonchev–Trinajstić information content (AvgIpc) is 2.41. The number of aldehydes is 1. The number of carbonyl (C=O) groups excluding carboxylic acids is 1. The fourth-order valence-electron chi connectivity index (χ4n) is 1.58. The molecule has 2 aliphatic carbocycles. The van der Waals surface area contributed by atoms with E-state index in [1.165, 1.54) is 20.8 Å². The van der Waals surface area contributed by atoms with E-state index in [0.717, 1.165) is 11.8 Å². The molecule has 0 radical (unpaired) electrons. The number of fused-ring (bicyclic) bond motifs is 1. The van der Waals surface area contributed by atoms with Crippen LogP contribution >= 0.6 is 22.6 Å². The van der Waals surface area contributed by atoms with Crippen LogP contribution in [0, 0.1) is 3.57 Å². The molecule has 0 fully saturated rings. The molecule has 2 heteroatoms. The van der Waals surface area contributed by atoms with Crippen LogP contribution in [0.2, 0.25) is 0 Å². The Morgan fingerprint density at radius 1 is 1.13 bits per heavy atom. The van der Waals surface area contributed by atoms with Gasteiger partial charge in [-0.05, 0) is 51.4 Å². The number of allylic oxidation sites excluding steroid dienone is 1. The fraction of sp³-hybridized carbons (Fsp3) is 0. The number of hydrogen-bond donors (Lipinski definition) is 0. The van der Waals surface area contributed by atoms with Crippen molar-refractivity contribution in [1.82, 2.24) is 0 Å². The van der Waals surface area contributed by atoms with Gasteiger partial charge in [0, 0.05) is 3.57 Å². The molecule has 1 nitrogen and oxygen atoms in total. The van der Waals surface area contributed by atoms with Crippen LogP contribution in [0.3, 0.4) is 0 Å². The summed E-state index contributed by atoms with van der Waals surface area (Å²) in [5, 5.41) is 0. The first kappa shape index (κ1) is 10.4. The van der Waals surface area contributed by atoms with E-state index in [2.05, 4.69) is 40.8 Å². The van der Waals surface area contributed by atoms with Crippen LogP contribution in [0.25, 0.3) is 17.2 Å². The van der Waals surface area contributed by atoms with Gasteiger partial charge in [0.05, 0.1) is 0 Å². The quantitative estimate of drug-likeness (QED) is 0.470. The minimum atomic E-state index is 0.803. The summed E-state index contributed by atoms with van der Waals surface area (Å²) in [4.78, 5) is 10.3. The number of halogens is 1. The molecule has 0 heterocycles. The largest absolute Gasteiger partial charge is 0.299 e. The van der Waals surface area contributed by atoms with Gasteiger partial charge in [-0.3, -0.25) is 4.79 Å². The molecule has 2 rings (SSSR count). The van der Waals surface area contributed by atoms with E-state index >= 15 is 0 Å². The minimum Gasteiger partial charge on any atom is -0.299 e. The molecule has 0 saturated carbocycles. The predicted octanol–water partition coefficient (Wildman–Crippen LogP) is 3.61. The van der Waals surface area contributed by atoms with Crippen molar-refractivity contribution in [3.63, 3.8) is 0 Å². The molecule has 0 aromatic carbocycles. The van der Waals surface area contributed by atoms with Crippen molar-refractivity contribution in [2.75, 3.05) is 0 Å². The van der Waals surface area contributed by atoms with Crippen molar-refractivity contribution in [2.24, 2.45) is 0 Å².